The minimum absolute atomic E-state index is 0.181. The maximum absolute atomic E-state index is 12.1. The van der Waals surface area contributed by atoms with Gasteiger partial charge >= 0.3 is 12.0 Å². The van der Waals surface area contributed by atoms with Crippen LogP contribution in [0.4, 0.5) is 4.79 Å². The third-order valence-corrected chi connectivity index (χ3v) is 3.38. The first-order chi connectivity index (χ1) is 9.81. The molecule has 0 fully saturated rings. The van der Waals surface area contributed by atoms with E-state index in [1.165, 1.54) is 4.90 Å². The molecule has 0 aromatic heterocycles. The van der Waals surface area contributed by atoms with Gasteiger partial charge in [-0.3, -0.25) is 0 Å². The third-order valence-electron chi connectivity index (χ3n) is 3.01. The number of aliphatic carboxylic acids is 1. The highest BCUT2D eigenvalue weighted by molar-refractivity contribution is 6.31. The summed E-state index contributed by atoms with van der Waals surface area (Å²) >= 11 is 6.05. The zero-order valence-electron chi connectivity index (χ0n) is 12.5. The predicted octanol–water partition coefficient (Wildman–Crippen LogP) is 2.98. The molecule has 6 heteroatoms. The van der Waals surface area contributed by atoms with Crippen LogP contribution in [0.3, 0.4) is 0 Å². The van der Waals surface area contributed by atoms with E-state index < -0.39 is 18.0 Å². The highest BCUT2D eigenvalue weighted by atomic mass is 35.5. The van der Waals surface area contributed by atoms with E-state index in [9.17, 15) is 9.59 Å². The molecule has 0 aliphatic heterocycles. The summed E-state index contributed by atoms with van der Waals surface area (Å²) in [5.74, 6) is -0.844. The van der Waals surface area contributed by atoms with Crippen molar-refractivity contribution in [2.45, 2.75) is 32.9 Å². The van der Waals surface area contributed by atoms with Gasteiger partial charge in [-0.25, -0.2) is 9.59 Å². The summed E-state index contributed by atoms with van der Waals surface area (Å²) in [6, 6.07) is 5.92. The molecule has 0 unspecified atom stereocenters. The Morgan fingerprint density at radius 3 is 2.48 bits per heavy atom. The molecule has 0 spiro atoms. The van der Waals surface area contributed by atoms with Gasteiger partial charge in [0.05, 0.1) is 0 Å². The van der Waals surface area contributed by atoms with Gasteiger partial charge in [0.1, 0.15) is 6.04 Å². The molecule has 2 N–H and O–H groups in total. The summed E-state index contributed by atoms with van der Waals surface area (Å²) in [5, 5.41) is 12.2. The molecule has 0 bridgehead atoms. The predicted molar refractivity (Wildman–Crippen MR) is 82.3 cm³/mol. The van der Waals surface area contributed by atoms with Crippen molar-refractivity contribution in [3.63, 3.8) is 0 Å². The van der Waals surface area contributed by atoms with Gasteiger partial charge in [0, 0.05) is 18.6 Å². The lowest BCUT2D eigenvalue weighted by atomic mass is 10.0. The second-order valence-corrected chi connectivity index (χ2v) is 5.82. The molecule has 21 heavy (non-hydrogen) atoms. The van der Waals surface area contributed by atoms with E-state index in [2.05, 4.69) is 5.32 Å². The largest absolute Gasteiger partial charge is 0.480 e. The fourth-order valence-corrected chi connectivity index (χ4v) is 2.10. The Hall–Kier alpha value is -1.75. The van der Waals surface area contributed by atoms with Crippen LogP contribution in [-0.2, 0) is 11.3 Å². The molecule has 5 nitrogen and oxygen atoms in total. The van der Waals surface area contributed by atoms with Crippen LogP contribution in [0.25, 0.3) is 0 Å². The van der Waals surface area contributed by atoms with Crippen molar-refractivity contribution < 1.29 is 14.7 Å². The Morgan fingerprint density at radius 2 is 1.95 bits per heavy atom. The van der Waals surface area contributed by atoms with Crippen LogP contribution in [0.2, 0.25) is 5.02 Å². The molecule has 1 atom stereocenters. The summed E-state index contributed by atoms with van der Waals surface area (Å²) in [4.78, 5) is 24.6. The van der Waals surface area contributed by atoms with Crippen LogP contribution in [0, 0.1) is 5.92 Å². The summed E-state index contributed by atoms with van der Waals surface area (Å²) in [5.41, 5.74) is 0.813. The minimum Gasteiger partial charge on any atom is -0.480 e. The first kappa shape index (κ1) is 17.3. The Bertz CT molecular complexity index is 505. The van der Waals surface area contributed by atoms with Gasteiger partial charge in [-0.15, -0.1) is 0 Å². The van der Waals surface area contributed by atoms with Gasteiger partial charge in [0.2, 0.25) is 0 Å². The van der Waals surface area contributed by atoms with Crippen molar-refractivity contribution in [1.29, 1.82) is 0 Å². The molecule has 0 aliphatic carbocycles. The second kappa shape index (κ2) is 7.88. The smallest absolute Gasteiger partial charge is 0.326 e. The van der Waals surface area contributed by atoms with Crippen LogP contribution in [0.15, 0.2) is 24.3 Å². The van der Waals surface area contributed by atoms with E-state index in [1.54, 1.807) is 13.1 Å². The Morgan fingerprint density at radius 1 is 1.33 bits per heavy atom. The molecular formula is C15H21ClN2O3. The molecule has 116 valence electrons. The number of amides is 2. The highest BCUT2D eigenvalue weighted by Gasteiger charge is 2.22. The normalized spacial score (nSPS) is 12.0. The summed E-state index contributed by atoms with van der Waals surface area (Å²) in [7, 11) is 1.60. The van der Waals surface area contributed by atoms with E-state index >= 15 is 0 Å². The van der Waals surface area contributed by atoms with Crippen LogP contribution in [0.5, 0.6) is 0 Å². The molecule has 0 heterocycles. The van der Waals surface area contributed by atoms with Crippen molar-refractivity contribution in [1.82, 2.24) is 10.2 Å². The number of benzene rings is 1. The van der Waals surface area contributed by atoms with Crippen molar-refractivity contribution in [2.24, 2.45) is 5.92 Å². The van der Waals surface area contributed by atoms with Crippen molar-refractivity contribution in [3.05, 3.63) is 34.9 Å². The number of carbonyl (C=O) groups is 2. The second-order valence-electron chi connectivity index (χ2n) is 5.42. The van der Waals surface area contributed by atoms with E-state index in [4.69, 9.17) is 16.7 Å². The number of urea groups is 1. The maximum atomic E-state index is 12.1. The Kier molecular flexibility index (Phi) is 6.49. The van der Waals surface area contributed by atoms with Crippen molar-refractivity contribution in [2.75, 3.05) is 7.05 Å². The first-order valence-electron chi connectivity index (χ1n) is 6.79. The van der Waals surface area contributed by atoms with E-state index in [-0.39, 0.29) is 5.92 Å². The lowest BCUT2D eigenvalue weighted by Crippen LogP contribution is -2.47. The molecule has 0 saturated heterocycles. The molecule has 2 amide bonds. The number of hydrogen-bond acceptors (Lipinski definition) is 2. The number of carbonyl (C=O) groups excluding carboxylic acids is 1. The first-order valence-corrected chi connectivity index (χ1v) is 7.17. The van der Waals surface area contributed by atoms with Gasteiger partial charge in [-0.05, 0) is 24.0 Å². The molecule has 0 aliphatic rings. The lowest BCUT2D eigenvalue weighted by molar-refractivity contribution is -0.139. The molecule has 0 saturated carbocycles. The lowest BCUT2D eigenvalue weighted by Gasteiger charge is -2.22. The van der Waals surface area contributed by atoms with Crippen LogP contribution in [-0.4, -0.2) is 35.1 Å². The molecule has 0 radical (unpaired) electrons. The van der Waals surface area contributed by atoms with E-state index in [0.717, 1.165) is 5.56 Å². The van der Waals surface area contributed by atoms with Crippen molar-refractivity contribution in [3.8, 4) is 0 Å². The number of hydrogen-bond donors (Lipinski definition) is 2. The SMILES string of the molecule is CC(C)C[C@H](NC(=O)N(C)Cc1ccccc1Cl)C(=O)O. The quantitative estimate of drug-likeness (QED) is 0.848. The third kappa shape index (κ3) is 5.63. The molecular weight excluding hydrogens is 292 g/mol. The average molecular weight is 313 g/mol. The van der Waals surface area contributed by atoms with Gasteiger partial charge < -0.3 is 15.3 Å². The van der Waals surface area contributed by atoms with Crippen molar-refractivity contribution >= 4 is 23.6 Å². The highest BCUT2D eigenvalue weighted by Crippen LogP contribution is 2.16. The fraction of sp³-hybridized carbons (Fsp3) is 0.467. The Balaban J connectivity index is 2.65. The van der Waals surface area contributed by atoms with Crippen LogP contribution in [0.1, 0.15) is 25.8 Å². The van der Waals surface area contributed by atoms with Gasteiger partial charge in [-0.1, -0.05) is 43.6 Å². The molecule has 1 aromatic carbocycles. The topological polar surface area (TPSA) is 69.6 Å². The zero-order chi connectivity index (χ0) is 16.0. The van der Waals surface area contributed by atoms with Gasteiger partial charge in [0.25, 0.3) is 0 Å². The number of nitrogens with one attached hydrogen (secondary N) is 1. The standard InChI is InChI=1S/C15H21ClN2O3/c1-10(2)8-13(14(19)20)17-15(21)18(3)9-11-6-4-5-7-12(11)16/h4-7,10,13H,8-9H2,1-3H3,(H,17,21)(H,19,20)/t13-/m0/s1. The summed E-state index contributed by atoms with van der Waals surface area (Å²) < 4.78 is 0. The minimum atomic E-state index is -1.02. The van der Waals surface area contributed by atoms with Crippen LogP contribution < -0.4 is 5.32 Å². The summed E-state index contributed by atoms with van der Waals surface area (Å²) in [6.45, 7) is 4.14. The number of carboxylic acid groups (broad SMARTS) is 1. The van der Waals surface area contributed by atoms with Gasteiger partial charge in [-0.2, -0.15) is 0 Å². The van der Waals surface area contributed by atoms with E-state index in [1.807, 2.05) is 32.0 Å². The monoisotopic (exact) mass is 312 g/mol. The molecule has 1 aromatic rings. The number of nitrogens with zero attached hydrogens (tertiary/aromatic N) is 1. The Labute approximate surface area is 129 Å². The van der Waals surface area contributed by atoms with Crippen LogP contribution >= 0.6 is 11.6 Å². The summed E-state index contributed by atoms with van der Waals surface area (Å²) in [6.07, 6.45) is 0.390. The average Bonchev–Trinajstić information content (AvgIpc) is 2.39. The number of halogens is 1. The fourth-order valence-electron chi connectivity index (χ4n) is 1.91. The maximum Gasteiger partial charge on any atom is 0.326 e. The zero-order valence-corrected chi connectivity index (χ0v) is 13.2. The van der Waals surface area contributed by atoms with Gasteiger partial charge in [0.15, 0.2) is 0 Å². The molecule has 1 rings (SSSR count). The number of rotatable bonds is 6. The number of carboxylic acids is 1. The van der Waals surface area contributed by atoms with E-state index in [0.29, 0.717) is 18.0 Å².